The second-order valence-electron chi connectivity index (χ2n) is 13.8. The molecule has 7 aromatic carbocycles. The summed E-state index contributed by atoms with van der Waals surface area (Å²) < 4.78 is 13.6. The topological polar surface area (TPSA) is 77.8 Å². The van der Waals surface area contributed by atoms with Gasteiger partial charge in [-0.15, -0.1) is 0 Å². The Kier molecular flexibility index (Phi) is 7.38. The zero-order valence-electron chi connectivity index (χ0n) is 29.9. The third-order valence-corrected chi connectivity index (χ3v) is 10.3. The molecule has 0 aliphatic carbocycles. The molecule has 0 bridgehead atoms. The Bertz CT molecular complexity index is 2890. The highest BCUT2D eigenvalue weighted by atomic mass is 16.3. The Morgan fingerprint density at radius 2 is 0.643 bits per heavy atom. The molecule has 11 rings (SSSR count). The van der Waals surface area contributed by atoms with Crippen molar-refractivity contribution in [2.75, 3.05) is 0 Å². The Hall–Kier alpha value is -7.70. The summed E-state index contributed by atoms with van der Waals surface area (Å²) in [7, 11) is 0. The van der Waals surface area contributed by atoms with Gasteiger partial charge in [-0.05, 0) is 36.4 Å². The highest BCUT2D eigenvalue weighted by molar-refractivity contribution is 6.17. The van der Waals surface area contributed by atoms with Crippen molar-refractivity contribution in [2.24, 2.45) is 0 Å². The number of benzene rings is 7. The van der Waals surface area contributed by atoms with Gasteiger partial charge in [-0.25, -0.2) is 19.9 Å². The standard InChI is InChI=1S/C50H30N4O2/c1-5-15-31(16-6-1)41-29-43(53-49(51-41)33-19-9-3-10-20-33)37-25-13-23-35-39-27-46-40(28-45(39)55-47(35)37)36-24-14-26-38(48(36)56-46)44-30-42(32-17-7-2-8-18-32)52-50(54-44)34-21-11-4-12-22-34/h1-30H. The molecular formula is C50H30N4O2. The number of aromatic nitrogens is 4. The minimum Gasteiger partial charge on any atom is -0.455 e. The van der Waals surface area contributed by atoms with Crippen LogP contribution in [0.1, 0.15) is 0 Å². The number of nitrogens with zero attached hydrogens (tertiary/aromatic N) is 4. The van der Waals surface area contributed by atoms with E-state index in [1.807, 2.05) is 109 Å². The number of furan rings is 2. The lowest BCUT2D eigenvalue weighted by Gasteiger charge is -2.09. The van der Waals surface area contributed by atoms with Gasteiger partial charge >= 0.3 is 0 Å². The second-order valence-corrected chi connectivity index (χ2v) is 13.8. The lowest BCUT2D eigenvalue weighted by molar-refractivity contribution is 0.665. The van der Waals surface area contributed by atoms with Crippen molar-refractivity contribution in [3.63, 3.8) is 0 Å². The van der Waals surface area contributed by atoms with Crippen LogP contribution in [-0.2, 0) is 0 Å². The van der Waals surface area contributed by atoms with E-state index in [0.29, 0.717) is 11.6 Å². The molecule has 0 amide bonds. The molecule has 0 aliphatic heterocycles. The van der Waals surface area contributed by atoms with E-state index in [9.17, 15) is 0 Å². The van der Waals surface area contributed by atoms with Gasteiger partial charge in [-0.3, -0.25) is 0 Å². The van der Waals surface area contributed by atoms with Crippen LogP contribution in [0.5, 0.6) is 0 Å². The number of fused-ring (bicyclic) bond motifs is 6. The molecular weight excluding hydrogens is 689 g/mol. The number of rotatable bonds is 6. The Balaban J connectivity index is 1.07. The van der Waals surface area contributed by atoms with Crippen LogP contribution in [0.3, 0.4) is 0 Å². The molecule has 6 nitrogen and oxygen atoms in total. The highest BCUT2D eigenvalue weighted by Crippen LogP contribution is 2.42. The van der Waals surface area contributed by atoms with Gasteiger partial charge in [0.15, 0.2) is 11.6 Å². The maximum Gasteiger partial charge on any atom is 0.160 e. The van der Waals surface area contributed by atoms with Crippen molar-refractivity contribution in [1.82, 2.24) is 19.9 Å². The lowest BCUT2D eigenvalue weighted by Crippen LogP contribution is -1.96. The highest BCUT2D eigenvalue weighted by Gasteiger charge is 2.20. The average molecular weight is 719 g/mol. The fourth-order valence-electron chi connectivity index (χ4n) is 7.61. The van der Waals surface area contributed by atoms with Crippen LogP contribution < -0.4 is 0 Å². The van der Waals surface area contributed by atoms with E-state index in [1.165, 1.54) is 0 Å². The Morgan fingerprint density at radius 3 is 1.04 bits per heavy atom. The third-order valence-electron chi connectivity index (χ3n) is 10.3. The minimum atomic E-state index is 0.658. The van der Waals surface area contributed by atoms with Crippen molar-refractivity contribution in [1.29, 1.82) is 0 Å². The second kappa shape index (κ2) is 13.0. The lowest BCUT2D eigenvalue weighted by atomic mass is 10.0. The molecule has 0 saturated heterocycles. The fraction of sp³-hybridized carbons (Fsp3) is 0. The molecule has 0 atom stereocenters. The molecule has 11 aromatic rings. The van der Waals surface area contributed by atoms with Crippen molar-refractivity contribution in [2.45, 2.75) is 0 Å². The minimum absolute atomic E-state index is 0.658. The molecule has 0 radical (unpaired) electrons. The van der Waals surface area contributed by atoms with Crippen LogP contribution in [-0.4, -0.2) is 19.9 Å². The van der Waals surface area contributed by atoms with E-state index in [4.69, 9.17) is 28.8 Å². The summed E-state index contributed by atoms with van der Waals surface area (Å²) in [4.78, 5) is 20.2. The molecule has 0 unspecified atom stereocenters. The molecule has 56 heavy (non-hydrogen) atoms. The molecule has 4 heterocycles. The SMILES string of the molecule is c1ccc(-c2cc(-c3cccc4c3oc3cc5c(cc34)oc3c(-c4cc(-c6ccccc6)nc(-c6ccccc6)n4)cccc35)nc(-c3ccccc3)n2)cc1. The molecule has 0 fully saturated rings. The summed E-state index contributed by atoms with van der Waals surface area (Å²) in [5, 5.41) is 3.90. The zero-order valence-corrected chi connectivity index (χ0v) is 29.9. The predicted octanol–water partition coefficient (Wildman–Crippen LogP) is 13.1. The number of hydrogen-bond donors (Lipinski definition) is 0. The molecule has 0 aliphatic rings. The first-order chi connectivity index (χ1) is 27.7. The molecule has 0 saturated carbocycles. The summed E-state index contributed by atoms with van der Waals surface area (Å²) in [5.41, 5.74) is 12.1. The van der Waals surface area contributed by atoms with Crippen LogP contribution in [0, 0.1) is 0 Å². The van der Waals surface area contributed by atoms with Gasteiger partial charge in [0.2, 0.25) is 0 Å². The molecule has 0 spiro atoms. The van der Waals surface area contributed by atoms with Crippen LogP contribution in [0.4, 0.5) is 0 Å². The molecule has 0 N–H and O–H groups in total. The van der Waals surface area contributed by atoms with Gasteiger partial charge in [0.1, 0.15) is 22.3 Å². The van der Waals surface area contributed by atoms with Crippen molar-refractivity contribution in [3.8, 4) is 67.8 Å². The van der Waals surface area contributed by atoms with Crippen LogP contribution in [0.2, 0.25) is 0 Å². The first-order valence-electron chi connectivity index (χ1n) is 18.5. The number of para-hydroxylation sites is 2. The largest absolute Gasteiger partial charge is 0.455 e. The van der Waals surface area contributed by atoms with E-state index in [1.54, 1.807) is 0 Å². The fourth-order valence-corrected chi connectivity index (χ4v) is 7.61. The van der Waals surface area contributed by atoms with E-state index < -0.39 is 0 Å². The van der Waals surface area contributed by atoms with E-state index >= 15 is 0 Å². The third kappa shape index (κ3) is 5.43. The first-order valence-corrected chi connectivity index (χ1v) is 18.5. The van der Waals surface area contributed by atoms with Gasteiger partial charge in [-0.1, -0.05) is 146 Å². The van der Waals surface area contributed by atoms with Gasteiger partial charge in [0, 0.05) is 54.9 Å². The van der Waals surface area contributed by atoms with E-state index in [0.717, 1.165) is 100 Å². The quantitative estimate of drug-likeness (QED) is 0.170. The maximum absolute atomic E-state index is 6.78. The Morgan fingerprint density at radius 1 is 0.286 bits per heavy atom. The van der Waals surface area contributed by atoms with Gasteiger partial charge in [-0.2, -0.15) is 0 Å². The normalized spacial score (nSPS) is 11.6. The van der Waals surface area contributed by atoms with Gasteiger partial charge in [0.05, 0.1) is 22.8 Å². The average Bonchev–Trinajstić information content (AvgIpc) is 3.84. The van der Waals surface area contributed by atoms with Crippen LogP contribution in [0.15, 0.2) is 191 Å². The zero-order chi connectivity index (χ0) is 37.0. The van der Waals surface area contributed by atoms with Crippen molar-refractivity contribution < 1.29 is 8.83 Å². The molecule has 262 valence electrons. The van der Waals surface area contributed by atoms with Crippen molar-refractivity contribution in [3.05, 3.63) is 182 Å². The first kappa shape index (κ1) is 31.8. The smallest absolute Gasteiger partial charge is 0.160 e. The van der Waals surface area contributed by atoms with E-state index in [2.05, 4.69) is 72.8 Å². The Labute approximate surface area is 321 Å². The van der Waals surface area contributed by atoms with Crippen LogP contribution in [0.25, 0.3) is 112 Å². The summed E-state index contributed by atoms with van der Waals surface area (Å²) >= 11 is 0. The predicted molar refractivity (Wildman–Crippen MR) is 225 cm³/mol. The summed E-state index contributed by atoms with van der Waals surface area (Å²) in [5.74, 6) is 1.32. The summed E-state index contributed by atoms with van der Waals surface area (Å²) in [6.07, 6.45) is 0. The maximum atomic E-state index is 6.78. The van der Waals surface area contributed by atoms with Gasteiger partial charge in [0.25, 0.3) is 0 Å². The van der Waals surface area contributed by atoms with Crippen LogP contribution >= 0.6 is 0 Å². The van der Waals surface area contributed by atoms with E-state index in [-0.39, 0.29) is 0 Å². The van der Waals surface area contributed by atoms with Gasteiger partial charge < -0.3 is 8.83 Å². The summed E-state index contributed by atoms with van der Waals surface area (Å²) in [6.45, 7) is 0. The number of hydrogen-bond acceptors (Lipinski definition) is 6. The summed E-state index contributed by atoms with van der Waals surface area (Å²) in [6, 6.07) is 61.3. The van der Waals surface area contributed by atoms with Crippen molar-refractivity contribution >= 4 is 43.9 Å². The molecule has 6 heteroatoms. The molecule has 4 aromatic heterocycles. The monoisotopic (exact) mass is 718 g/mol.